The average molecular weight is 292 g/mol. The second-order valence-corrected chi connectivity index (χ2v) is 5.35. The number of anilines is 3. The van der Waals surface area contributed by atoms with Crippen molar-refractivity contribution in [2.75, 3.05) is 49.2 Å². The molecule has 2 saturated heterocycles. The summed E-state index contributed by atoms with van der Waals surface area (Å²) in [7, 11) is 0. The van der Waals surface area contributed by atoms with Crippen molar-refractivity contribution in [1.29, 1.82) is 0 Å². The topological polar surface area (TPSA) is 111 Å². The molecule has 3 heterocycles. The predicted octanol–water partition coefficient (Wildman–Crippen LogP) is -0.531. The maximum atomic E-state index is 12.4. The van der Waals surface area contributed by atoms with Gasteiger partial charge in [0.1, 0.15) is 0 Å². The van der Waals surface area contributed by atoms with Crippen molar-refractivity contribution in [3.8, 4) is 0 Å². The SMILES string of the molecule is Nc1cnc(N2CCOC(C(=O)N3CCCC3)C2)nc1N. The van der Waals surface area contributed by atoms with E-state index in [9.17, 15) is 4.79 Å². The van der Waals surface area contributed by atoms with Gasteiger partial charge >= 0.3 is 0 Å². The van der Waals surface area contributed by atoms with Crippen molar-refractivity contribution >= 4 is 23.4 Å². The minimum atomic E-state index is -0.459. The highest BCUT2D eigenvalue weighted by Crippen LogP contribution is 2.19. The molecule has 1 atom stereocenters. The van der Waals surface area contributed by atoms with E-state index in [0.29, 0.717) is 31.3 Å². The van der Waals surface area contributed by atoms with Gasteiger partial charge in [-0.25, -0.2) is 4.98 Å². The maximum Gasteiger partial charge on any atom is 0.253 e. The van der Waals surface area contributed by atoms with E-state index in [-0.39, 0.29) is 11.7 Å². The Bertz CT molecular complexity index is 531. The molecular formula is C13H20N6O2. The summed E-state index contributed by atoms with van der Waals surface area (Å²) in [6.45, 7) is 3.19. The Morgan fingerprint density at radius 2 is 2.05 bits per heavy atom. The Morgan fingerprint density at radius 1 is 1.29 bits per heavy atom. The van der Waals surface area contributed by atoms with E-state index in [1.54, 1.807) is 0 Å². The molecule has 3 rings (SSSR count). The number of rotatable bonds is 2. The molecule has 1 aromatic heterocycles. The number of likely N-dealkylation sites (tertiary alicyclic amines) is 1. The van der Waals surface area contributed by atoms with E-state index in [2.05, 4.69) is 9.97 Å². The van der Waals surface area contributed by atoms with Crippen LogP contribution in [-0.2, 0) is 9.53 Å². The van der Waals surface area contributed by atoms with Crippen LogP contribution in [0.2, 0.25) is 0 Å². The van der Waals surface area contributed by atoms with Gasteiger partial charge in [-0.15, -0.1) is 0 Å². The molecule has 0 bridgehead atoms. The molecule has 0 aliphatic carbocycles. The molecule has 2 fully saturated rings. The summed E-state index contributed by atoms with van der Waals surface area (Å²) in [6, 6.07) is 0. The van der Waals surface area contributed by atoms with Gasteiger partial charge in [-0.2, -0.15) is 4.98 Å². The lowest BCUT2D eigenvalue weighted by atomic mass is 10.2. The van der Waals surface area contributed by atoms with Crippen molar-refractivity contribution < 1.29 is 9.53 Å². The first kappa shape index (κ1) is 13.9. The number of nitrogens with two attached hydrogens (primary N) is 2. The smallest absolute Gasteiger partial charge is 0.253 e. The maximum absolute atomic E-state index is 12.4. The van der Waals surface area contributed by atoms with Crippen molar-refractivity contribution in [1.82, 2.24) is 14.9 Å². The molecule has 1 amide bonds. The lowest BCUT2D eigenvalue weighted by Crippen LogP contribution is -2.51. The molecule has 8 heteroatoms. The summed E-state index contributed by atoms with van der Waals surface area (Å²) in [5, 5.41) is 0. The quantitative estimate of drug-likeness (QED) is 0.753. The van der Waals surface area contributed by atoms with Crippen LogP contribution in [0.3, 0.4) is 0 Å². The number of hydrogen-bond acceptors (Lipinski definition) is 7. The van der Waals surface area contributed by atoms with Crippen molar-refractivity contribution in [2.45, 2.75) is 18.9 Å². The van der Waals surface area contributed by atoms with E-state index in [1.165, 1.54) is 6.20 Å². The molecular weight excluding hydrogens is 272 g/mol. The molecule has 21 heavy (non-hydrogen) atoms. The molecule has 2 aliphatic rings. The van der Waals surface area contributed by atoms with Crippen LogP contribution in [0.15, 0.2) is 6.20 Å². The monoisotopic (exact) mass is 292 g/mol. The third-order valence-corrected chi connectivity index (χ3v) is 3.88. The van der Waals surface area contributed by atoms with Crippen molar-refractivity contribution in [2.24, 2.45) is 0 Å². The van der Waals surface area contributed by atoms with E-state index in [0.717, 1.165) is 25.9 Å². The molecule has 1 unspecified atom stereocenters. The van der Waals surface area contributed by atoms with Crippen LogP contribution in [0.4, 0.5) is 17.5 Å². The Hall–Kier alpha value is -2.09. The molecule has 0 saturated carbocycles. The molecule has 0 spiro atoms. The zero-order valence-corrected chi connectivity index (χ0v) is 11.9. The van der Waals surface area contributed by atoms with Crippen LogP contribution in [0, 0.1) is 0 Å². The van der Waals surface area contributed by atoms with Crippen LogP contribution in [0.25, 0.3) is 0 Å². The number of aromatic nitrogens is 2. The number of ether oxygens (including phenoxy) is 1. The standard InChI is InChI=1S/C13H20N6O2/c14-9-7-16-13(17-11(9)15)19-5-6-21-10(8-19)12(20)18-3-1-2-4-18/h7,10H,1-6,8,14H2,(H2,15,16,17). The highest BCUT2D eigenvalue weighted by atomic mass is 16.5. The minimum Gasteiger partial charge on any atom is -0.394 e. The molecule has 8 nitrogen and oxygen atoms in total. The highest BCUT2D eigenvalue weighted by molar-refractivity contribution is 5.82. The van der Waals surface area contributed by atoms with E-state index >= 15 is 0 Å². The van der Waals surface area contributed by atoms with Crippen LogP contribution < -0.4 is 16.4 Å². The fraction of sp³-hybridized carbons (Fsp3) is 0.615. The molecule has 1 aromatic rings. The summed E-state index contributed by atoms with van der Waals surface area (Å²) in [5.74, 6) is 0.804. The zero-order valence-electron chi connectivity index (χ0n) is 11.9. The van der Waals surface area contributed by atoms with Gasteiger partial charge in [-0.1, -0.05) is 0 Å². The zero-order chi connectivity index (χ0) is 14.8. The fourth-order valence-corrected chi connectivity index (χ4v) is 2.67. The second-order valence-electron chi connectivity index (χ2n) is 5.35. The Kier molecular flexibility index (Phi) is 3.78. The average Bonchev–Trinajstić information content (AvgIpc) is 3.04. The molecule has 114 valence electrons. The van der Waals surface area contributed by atoms with E-state index < -0.39 is 6.10 Å². The van der Waals surface area contributed by atoms with Gasteiger partial charge in [0.15, 0.2) is 11.9 Å². The number of nitrogen functional groups attached to an aromatic ring is 2. The lowest BCUT2D eigenvalue weighted by Gasteiger charge is -2.34. The first-order valence-corrected chi connectivity index (χ1v) is 7.18. The number of carbonyl (C=O) groups is 1. The molecule has 2 aliphatic heterocycles. The van der Waals surface area contributed by atoms with Gasteiger partial charge in [0.2, 0.25) is 5.95 Å². The number of morpholine rings is 1. The third-order valence-electron chi connectivity index (χ3n) is 3.88. The second kappa shape index (κ2) is 5.72. The van der Waals surface area contributed by atoms with Crippen molar-refractivity contribution in [3.63, 3.8) is 0 Å². The number of hydrogen-bond donors (Lipinski definition) is 2. The fourth-order valence-electron chi connectivity index (χ4n) is 2.67. The van der Waals surface area contributed by atoms with Crippen LogP contribution >= 0.6 is 0 Å². The normalized spacial score (nSPS) is 22.6. The van der Waals surface area contributed by atoms with Gasteiger partial charge < -0.3 is 26.0 Å². The van der Waals surface area contributed by atoms with Gasteiger partial charge in [-0.05, 0) is 12.8 Å². The Balaban J connectivity index is 1.70. The van der Waals surface area contributed by atoms with Crippen LogP contribution in [-0.4, -0.2) is 59.7 Å². The lowest BCUT2D eigenvalue weighted by molar-refractivity contribution is -0.143. The number of nitrogens with zero attached hydrogens (tertiary/aromatic N) is 4. The summed E-state index contributed by atoms with van der Waals surface area (Å²) < 4.78 is 5.61. The van der Waals surface area contributed by atoms with Crippen molar-refractivity contribution in [3.05, 3.63) is 6.20 Å². The van der Waals surface area contributed by atoms with Gasteiger partial charge in [-0.3, -0.25) is 4.79 Å². The number of carbonyl (C=O) groups excluding carboxylic acids is 1. The van der Waals surface area contributed by atoms with Crippen LogP contribution in [0.1, 0.15) is 12.8 Å². The summed E-state index contributed by atoms with van der Waals surface area (Å²) in [4.78, 5) is 24.5. The summed E-state index contributed by atoms with van der Waals surface area (Å²) >= 11 is 0. The summed E-state index contributed by atoms with van der Waals surface area (Å²) in [6.07, 6.45) is 3.17. The van der Waals surface area contributed by atoms with Gasteiger partial charge in [0, 0.05) is 19.6 Å². The third kappa shape index (κ3) is 2.85. The molecule has 0 radical (unpaired) electrons. The number of amides is 1. The van der Waals surface area contributed by atoms with Gasteiger partial charge in [0.05, 0.1) is 25.0 Å². The molecule has 4 N–H and O–H groups in total. The van der Waals surface area contributed by atoms with E-state index in [4.69, 9.17) is 16.2 Å². The highest BCUT2D eigenvalue weighted by Gasteiger charge is 2.32. The van der Waals surface area contributed by atoms with Gasteiger partial charge in [0.25, 0.3) is 5.91 Å². The predicted molar refractivity (Wildman–Crippen MR) is 78.6 cm³/mol. The Morgan fingerprint density at radius 3 is 2.76 bits per heavy atom. The Labute approximate surface area is 123 Å². The first-order valence-electron chi connectivity index (χ1n) is 7.18. The summed E-state index contributed by atoms with van der Waals surface area (Å²) in [5.41, 5.74) is 11.7. The van der Waals surface area contributed by atoms with E-state index in [1.807, 2.05) is 9.80 Å². The largest absolute Gasteiger partial charge is 0.394 e. The van der Waals surface area contributed by atoms with Crippen LogP contribution in [0.5, 0.6) is 0 Å². The molecule has 0 aromatic carbocycles. The minimum absolute atomic E-state index is 0.0561. The first-order chi connectivity index (χ1) is 10.1.